The standard InChI is InChI=1S/C13H27N5O.C12H18N4O.C12H22N4O.C10H20N4O.C9H18N4O/c1-12(2)19-10-6-7-15-13(16-11-14)18(5)9-8-17(3)4;1-11(2)4-3-5-14-12(15-10-13)16-6-8-17-9-7-16;1-11(2)6-5-7-14-12(15-10-13)16(3)8-9-17-4;1-9(2)15-7-5-6-12-10(13-8-11)14(3)4;1-8(2)14-6-4-5-12-9(11-3)13-7-10/h12H,6-10H2,1-5H3,(H,15,16);11H,5-9H2,1-2H3,(H,14,15);5-6,11H,7-9H2,1-4H3,(H,14,15);9H,5-7H2,1-4H3,(H,12,13);8H,4-6H2,1-3H3,(H2,11,12,13)/b;;6-5+;;. The van der Waals surface area contributed by atoms with E-state index in [1.807, 2.05) is 143 Å². The molecule has 6 N–H and O–H groups in total. The Morgan fingerprint density at radius 3 is 1.55 bits per heavy atom. The monoisotopic (exact) mass is 1150 g/mol. The van der Waals surface area contributed by atoms with E-state index in [1.165, 1.54) is 0 Å². The van der Waals surface area contributed by atoms with Gasteiger partial charge in [-0.3, -0.25) is 41.6 Å². The van der Waals surface area contributed by atoms with Gasteiger partial charge in [-0.15, -0.1) is 0 Å². The minimum absolute atomic E-state index is 0.253. The van der Waals surface area contributed by atoms with Crippen molar-refractivity contribution in [3.05, 3.63) is 12.2 Å². The molecule has 0 unspecified atom stereocenters. The van der Waals surface area contributed by atoms with Gasteiger partial charge in [0.1, 0.15) is 6.54 Å². The van der Waals surface area contributed by atoms with Crippen LogP contribution in [-0.2, 0) is 23.7 Å². The molecule has 0 aliphatic carbocycles. The van der Waals surface area contributed by atoms with Crippen LogP contribution in [0.4, 0.5) is 0 Å². The normalized spacial score (nSPS) is 12.5. The van der Waals surface area contributed by atoms with Crippen LogP contribution in [0.25, 0.3) is 0 Å². The second-order valence-corrected chi connectivity index (χ2v) is 19.5. The number of methoxy groups -OCH3 is 1. The van der Waals surface area contributed by atoms with Crippen LogP contribution in [-0.4, -0.2) is 234 Å². The summed E-state index contributed by atoms with van der Waals surface area (Å²) in [4.78, 5) is 30.7. The molecule has 82 heavy (non-hydrogen) atoms. The molecule has 0 amide bonds. The van der Waals surface area contributed by atoms with Crippen molar-refractivity contribution in [1.29, 1.82) is 26.3 Å². The van der Waals surface area contributed by atoms with Gasteiger partial charge in [0.25, 0.3) is 0 Å². The molecule has 0 aromatic rings. The number of nitrogens with one attached hydrogen (secondary N) is 6. The first-order valence-corrected chi connectivity index (χ1v) is 27.8. The van der Waals surface area contributed by atoms with Crippen molar-refractivity contribution in [3.63, 3.8) is 0 Å². The molecule has 0 bridgehead atoms. The summed E-state index contributed by atoms with van der Waals surface area (Å²) >= 11 is 0. The second kappa shape index (κ2) is 58.5. The zero-order chi connectivity index (χ0) is 62.8. The lowest BCUT2D eigenvalue weighted by atomic mass is 10.2. The highest BCUT2D eigenvalue weighted by Gasteiger charge is 2.14. The van der Waals surface area contributed by atoms with Gasteiger partial charge in [0, 0.05) is 120 Å². The fourth-order valence-electron chi connectivity index (χ4n) is 5.59. The minimum Gasteiger partial charge on any atom is -0.383 e. The Kier molecular flexibility index (Phi) is 58.0. The van der Waals surface area contributed by atoms with E-state index in [-0.39, 0.29) is 18.3 Å². The number of aliphatic imine (C=N–C) groups is 5. The lowest BCUT2D eigenvalue weighted by Gasteiger charge is -2.28. The van der Waals surface area contributed by atoms with E-state index in [0.717, 1.165) is 52.0 Å². The zero-order valence-electron chi connectivity index (χ0n) is 53.2. The molecule has 1 aliphatic heterocycles. The summed E-state index contributed by atoms with van der Waals surface area (Å²) in [6.45, 7) is 31.4. The van der Waals surface area contributed by atoms with Crippen molar-refractivity contribution in [2.45, 2.75) is 107 Å². The average Bonchev–Trinajstić information content (AvgIpc) is 3.43. The first kappa shape index (κ1) is 81.3. The van der Waals surface area contributed by atoms with E-state index in [1.54, 1.807) is 25.3 Å². The van der Waals surface area contributed by atoms with E-state index in [2.05, 4.69) is 93.5 Å². The SMILES string of the molecule is CC(C)C#CCN=C(NC#N)N1CCOCC1.CC(C)OCCCN=C(NC#N)N(C)C.CC(C)OCCCN=C(NC#N)N(C)CCN(C)C.CN=C(NC#N)NCCCOC(C)C.COCCN(C)C(=NC/C=C/C(C)C)NC#N. The highest BCUT2D eigenvalue weighted by Crippen LogP contribution is 1.99. The number of hydrogen-bond acceptors (Lipinski definition) is 16. The fraction of sp³-hybridized carbons (Fsp3) is 0.750. The van der Waals surface area contributed by atoms with Crippen LogP contribution in [0.1, 0.15) is 88.5 Å². The summed E-state index contributed by atoms with van der Waals surface area (Å²) in [5, 5.41) is 58.6. The molecule has 1 saturated heterocycles. The van der Waals surface area contributed by atoms with E-state index in [0.29, 0.717) is 114 Å². The van der Waals surface area contributed by atoms with Gasteiger partial charge in [-0.05, 0) is 80.8 Å². The molecule has 464 valence electrons. The number of guanidine groups is 5. The van der Waals surface area contributed by atoms with Crippen LogP contribution in [0.5, 0.6) is 0 Å². The van der Waals surface area contributed by atoms with Gasteiger partial charge in [-0.2, -0.15) is 26.3 Å². The maximum Gasteiger partial charge on any atom is 0.208 e. The van der Waals surface area contributed by atoms with Crippen molar-refractivity contribution in [2.24, 2.45) is 36.8 Å². The van der Waals surface area contributed by atoms with Crippen LogP contribution in [0.15, 0.2) is 37.1 Å². The zero-order valence-corrected chi connectivity index (χ0v) is 53.2. The number of hydrogen-bond donors (Lipinski definition) is 6. The quantitative estimate of drug-likeness (QED) is 0.0145. The first-order chi connectivity index (χ1) is 39.1. The van der Waals surface area contributed by atoms with Crippen molar-refractivity contribution in [3.8, 4) is 42.8 Å². The highest BCUT2D eigenvalue weighted by molar-refractivity contribution is 5.83. The lowest BCUT2D eigenvalue weighted by Crippen LogP contribution is -2.46. The molecule has 1 fully saturated rings. The maximum absolute atomic E-state index is 8.73. The third-order valence-corrected chi connectivity index (χ3v) is 9.70. The molecule has 26 nitrogen and oxygen atoms in total. The van der Waals surface area contributed by atoms with Crippen LogP contribution in [0, 0.1) is 81.0 Å². The van der Waals surface area contributed by atoms with E-state index < -0.39 is 0 Å². The summed E-state index contributed by atoms with van der Waals surface area (Å²) < 4.78 is 26.4. The Balaban J connectivity index is -0.000000465. The van der Waals surface area contributed by atoms with E-state index >= 15 is 0 Å². The molecular weight excluding hydrogens is 1050 g/mol. The average molecular weight is 1150 g/mol. The van der Waals surface area contributed by atoms with Gasteiger partial charge in [-0.25, -0.2) is 9.98 Å². The molecular formula is C56H105N21O5. The van der Waals surface area contributed by atoms with Gasteiger partial charge in [0.2, 0.25) is 29.8 Å². The fourth-order valence-corrected chi connectivity index (χ4v) is 5.59. The van der Waals surface area contributed by atoms with Crippen molar-refractivity contribution in [2.75, 3.05) is 162 Å². The number of nitrogens with zero attached hydrogens (tertiary/aromatic N) is 15. The molecule has 1 heterocycles. The first-order valence-electron chi connectivity index (χ1n) is 27.8. The molecule has 0 aromatic carbocycles. The molecule has 26 heteroatoms. The van der Waals surface area contributed by atoms with Crippen molar-refractivity contribution < 1.29 is 23.7 Å². The van der Waals surface area contributed by atoms with Gasteiger partial charge in [0.15, 0.2) is 31.0 Å². The summed E-state index contributed by atoms with van der Waals surface area (Å²) in [7, 11) is 14.8. The van der Waals surface area contributed by atoms with Crippen LogP contribution >= 0.6 is 0 Å². The molecule has 0 radical (unpaired) electrons. The number of morpholine rings is 1. The Hall–Kier alpha value is -7.14. The molecule has 1 aliphatic rings. The van der Waals surface area contributed by atoms with Gasteiger partial charge >= 0.3 is 0 Å². The van der Waals surface area contributed by atoms with Gasteiger partial charge in [-0.1, -0.05) is 51.7 Å². The number of nitriles is 5. The summed E-state index contributed by atoms with van der Waals surface area (Å²) in [6, 6.07) is 0. The Morgan fingerprint density at radius 2 is 1.10 bits per heavy atom. The van der Waals surface area contributed by atoms with Gasteiger partial charge in [0.05, 0.1) is 44.7 Å². The molecule has 0 aromatic heterocycles. The van der Waals surface area contributed by atoms with Crippen LogP contribution in [0.3, 0.4) is 0 Å². The van der Waals surface area contributed by atoms with Crippen molar-refractivity contribution in [1.82, 2.24) is 56.4 Å². The predicted molar refractivity (Wildman–Crippen MR) is 330 cm³/mol. The van der Waals surface area contributed by atoms with Gasteiger partial charge < -0.3 is 53.5 Å². The third kappa shape index (κ3) is 57.5. The predicted octanol–water partition coefficient (Wildman–Crippen LogP) is 3.57. The lowest BCUT2D eigenvalue weighted by molar-refractivity contribution is 0.0669. The smallest absolute Gasteiger partial charge is 0.208 e. The van der Waals surface area contributed by atoms with Crippen LogP contribution < -0.4 is 31.9 Å². The van der Waals surface area contributed by atoms with E-state index in [9.17, 15) is 0 Å². The van der Waals surface area contributed by atoms with E-state index in [4.69, 9.17) is 50.0 Å². The minimum atomic E-state index is 0.253. The molecule has 0 saturated carbocycles. The number of allylic oxidation sites excluding steroid dienone is 1. The third-order valence-electron chi connectivity index (χ3n) is 9.70. The number of ether oxygens (including phenoxy) is 5. The molecule has 0 spiro atoms. The Morgan fingerprint density at radius 1 is 0.610 bits per heavy atom. The van der Waals surface area contributed by atoms with Crippen molar-refractivity contribution >= 4 is 29.8 Å². The second-order valence-electron chi connectivity index (χ2n) is 19.5. The topological polar surface area (TPSA) is 315 Å². The summed E-state index contributed by atoms with van der Waals surface area (Å²) in [5.74, 6) is 9.73. The molecule has 1 rings (SSSR count). The summed E-state index contributed by atoms with van der Waals surface area (Å²) in [6.07, 6.45) is 16.9. The maximum atomic E-state index is 8.73. The summed E-state index contributed by atoms with van der Waals surface area (Å²) in [5.41, 5.74) is 0. The largest absolute Gasteiger partial charge is 0.383 e. The highest BCUT2D eigenvalue weighted by atomic mass is 16.5. The van der Waals surface area contributed by atoms with Crippen LogP contribution in [0.2, 0.25) is 0 Å². The Bertz CT molecular complexity index is 2040. The number of rotatable bonds is 25. The molecule has 0 atom stereocenters. The Labute approximate surface area is 494 Å². The number of likely N-dealkylation sites (N-methyl/N-ethyl adjacent to an activating group) is 3.